The summed E-state index contributed by atoms with van der Waals surface area (Å²) in [5.74, 6) is 0. The predicted octanol–water partition coefficient (Wildman–Crippen LogP) is 6.45. The molecule has 0 aromatic carbocycles. The molecule has 2 heteroatoms. The Kier molecular flexibility index (Phi) is 15.1. The topological polar surface area (TPSA) is 24.1 Å². The average molecular weight is 335 g/mol. The maximum Gasteiger partial charge on any atom is 0.0765 e. The van der Waals surface area contributed by atoms with E-state index in [1.807, 2.05) is 0 Å². The van der Waals surface area contributed by atoms with Gasteiger partial charge in [0.25, 0.3) is 0 Å². The number of nitrogens with one attached hydrogen (secondary N) is 2. The molecule has 2 N–H and O–H groups in total. The molecular formula is C22H42N2. The van der Waals surface area contributed by atoms with E-state index in [4.69, 9.17) is 0 Å². The van der Waals surface area contributed by atoms with Crippen molar-refractivity contribution in [1.29, 1.82) is 0 Å². The van der Waals surface area contributed by atoms with Crippen LogP contribution in [0.1, 0.15) is 103 Å². The van der Waals surface area contributed by atoms with Crippen molar-refractivity contribution in [3.8, 4) is 0 Å². The molecule has 0 spiro atoms. The number of unbranched alkanes of at least 4 members (excludes halogenated alkanes) is 12. The third-order valence-electron chi connectivity index (χ3n) is 4.90. The summed E-state index contributed by atoms with van der Waals surface area (Å²) >= 11 is 0. The Labute approximate surface area is 151 Å². The minimum absolute atomic E-state index is 0.506. The second-order valence-electron chi connectivity index (χ2n) is 7.26. The Balaban J connectivity index is 1.72. The monoisotopic (exact) mass is 334 g/mol. The van der Waals surface area contributed by atoms with Gasteiger partial charge in [0, 0.05) is 6.54 Å². The molecule has 0 saturated carbocycles. The van der Waals surface area contributed by atoms with Gasteiger partial charge in [-0.15, -0.1) is 0 Å². The van der Waals surface area contributed by atoms with Gasteiger partial charge in [-0.1, -0.05) is 89.4 Å². The van der Waals surface area contributed by atoms with Crippen LogP contribution in [0.3, 0.4) is 0 Å². The minimum Gasteiger partial charge on any atom is -0.376 e. The van der Waals surface area contributed by atoms with Crippen molar-refractivity contribution in [3.05, 3.63) is 24.4 Å². The van der Waals surface area contributed by atoms with Gasteiger partial charge in [-0.05, 0) is 38.3 Å². The lowest BCUT2D eigenvalue weighted by molar-refractivity contribution is 0.423. The SMILES string of the molecule is CCCCCCCC/C=C\CCCCCCCCC1NC=CCN1. The molecule has 0 bridgehead atoms. The molecule has 0 saturated heterocycles. The lowest BCUT2D eigenvalue weighted by atomic mass is 10.1. The first-order valence-corrected chi connectivity index (χ1v) is 10.7. The highest BCUT2D eigenvalue weighted by Gasteiger charge is 2.06. The molecule has 1 aliphatic heterocycles. The van der Waals surface area contributed by atoms with E-state index < -0.39 is 0 Å². The molecule has 1 rings (SSSR count). The summed E-state index contributed by atoms with van der Waals surface area (Å²) in [6, 6.07) is 0. The zero-order valence-electron chi connectivity index (χ0n) is 16.2. The summed E-state index contributed by atoms with van der Waals surface area (Å²) in [4.78, 5) is 0. The molecule has 1 atom stereocenters. The maximum atomic E-state index is 3.47. The van der Waals surface area contributed by atoms with E-state index in [0.29, 0.717) is 6.17 Å². The van der Waals surface area contributed by atoms with E-state index >= 15 is 0 Å². The van der Waals surface area contributed by atoms with Crippen LogP contribution in [0.15, 0.2) is 24.4 Å². The summed E-state index contributed by atoms with van der Waals surface area (Å²) in [7, 11) is 0. The maximum absolute atomic E-state index is 3.47. The Morgan fingerprint density at radius 1 is 0.792 bits per heavy atom. The van der Waals surface area contributed by atoms with Crippen LogP contribution in [0.5, 0.6) is 0 Å². The van der Waals surface area contributed by atoms with Crippen LogP contribution in [-0.4, -0.2) is 12.7 Å². The van der Waals surface area contributed by atoms with Crippen molar-refractivity contribution in [2.75, 3.05) is 6.54 Å². The molecule has 24 heavy (non-hydrogen) atoms. The van der Waals surface area contributed by atoms with E-state index in [9.17, 15) is 0 Å². The van der Waals surface area contributed by atoms with Gasteiger partial charge in [0.1, 0.15) is 0 Å². The van der Waals surface area contributed by atoms with E-state index in [0.717, 1.165) is 6.54 Å². The van der Waals surface area contributed by atoms with Gasteiger partial charge in [0.15, 0.2) is 0 Å². The Bertz CT molecular complexity index is 309. The van der Waals surface area contributed by atoms with Crippen LogP contribution < -0.4 is 10.6 Å². The zero-order chi connectivity index (χ0) is 17.1. The van der Waals surface area contributed by atoms with Crippen LogP contribution in [0, 0.1) is 0 Å². The largest absolute Gasteiger partial charge is 0.376 e. The molecule has 0 fully saturated rings. The summed E-state index contributed by atoms with van der Waals surface area (Å²) in [5, 5.41) is 6.84. The molecule has 0 amide bonds. The third kappa shape index (κ3) is 13.7. The van der Waals surface area contributed by atoms with Gasteiger partial charge in [-0.2, -0.15) is 0 Å². The van der Waals surface area contributed by atoms with E-state index in [-0.39, 0.29) is 0 Å². The standard InChI is InChI=1S/C22H42N2/c1-2-3-4-5-6-7-8-9-10-11-12-13-14-15-16-17-19-22-23-20-18-21-24-22/h9-10,18,20,22-24H,2-8,11-17,19,21H2,1H3/b10-9-. The minimum atomic E-state index is 0.506. The van der Waals surface area contributed by atoms with Crippen LogP contribution in [-0.2, 0) is 0 Å². The summed E-state index contributed by atoms with van der Waals surface area (Å²) in [6.07, 6.45) is 30.2. The van der Waals surface area contributed by atoms with Gasteiger partial charge in [0.2, 0.25) is 0 Å². The molecule has 0 aliphatic carbocycles. The van der Waals surface area contributed by atoms with E-state index in [1.165, 1.54) is 96.3 Å². The molecule has 1 unspecified atom stereocenters. The van der Waals surface area contributed by atoms with E-state index in [1.54, 1.807) is 0 Å². The molecule has 1 heterocycles. The molecule has 140 valence electrons. The van der Waals surface area contributed by atoms with Gasteiger partial charge in [0.05, 0.1) is 6.17 Å². The first kappa shape index (κ1) is 21.3. The number of rotatable bonds is 16. The molecule has 2 nitrogen and oxygen atoms in total. The Morgan fingerprint density at radius 2 is 1.38 bits per heavy atom. The summed E-state index contributed by atoms with van der Waals surface area (Å²) in [5.41, 5.74) is 0. The van der Waals surface area contributed by atoms with Gasteiger partial charge in [-0.25, -0.2) is 0 Å². The van der Waals surface area contributed by atoms with Crippen molar-refractivity contribution in [3.63, 3.8) is 0 Å². The van der Waals surface area contributed by atoms with Crippen LogP contribution in [0.4, 0.5) is 0 Å². The third-order valence-corrected chi connectivity index (χ3v) is 4.90. The normalized spacial score (nSPS) is 17.5. The zero-order valence-corrected chi connectivity index (χ0v) is 16.2. The van der Waals surface area contributed by atoms with Gasteiger partial charge in [-0.3, -0.25) is 5.32 Å². The molecular weight excluding hydrogens is 292 g/mol. The number of allylic oxidation sites excluding steroid dienone is 2. The number of hydrogen-bond acceptors (Lipinski definition) is 2. The highest BCUT2D eigenvalue weighted by Crippen LogP contribution is 2.11. The second kappa shape index (κ2) is 17.1. The molecule has 1 aliphatic rings. The fraction of sp³-hybridized carbons (Fsp3) is 0.818. The fourth-order valence-electron chi connectivity index (χ4n) is 3.29. The molecule has 0 aromatic heterocycles. The van der Waals surface area contributed by atoms with Crippen molar-refractivity contribution in [1.82, 2.24) is 10.6 Å². The molecule has 0 aromatic rings. The summed E-state index contributed by atoms with van der Waals surface area (Å²) in [6.45, 7) is 3.30. The van der Waals surface area contributed by atoms with Crippen molar-refractivity contribution < 1.29 is 0 Å². The van der Waals surface area contributed by atoms with Crippen LogP contribution in [0.25, 0.3) is 0 Å². The van der Waals surface area contributed by atoms with Crippen LogP contribution in [0.2, 0.25) is 0 Å². The van der Waals surface area contributed by atoms with E-state index in [2.05, 4.69) is 42.0 Å². The lowest BCUT2D eigenvalue weighted by Gasteiger charge is -2.21. The second-order valence-corrected chi connectivity index (χ2v) is 7.26. The van der Waals surface area contributed by atoms with Gasteiger partial charge >= 0.3 is 0 Å². The summed E-state index contributed by atoms with van der Waals surface area (Å²) < 4.78 is 0. The van der Waals surface area contributed by atoms with Crippen molar-refractivity contribution in [2.24, 2.45) is 0 Å². The van der Waals surface area contributed by atoms with Crippen molar-refractivity contribution >= 4 is 0 Å². The predicted molar refractivity (Wildman–Crippen MR) is 108 cm³/mol. The first-order valence-electron chi connectivity index (χ1n) is 10.7. The smallest absolute Gasteiger partial charge is 0.0765 e. The molecule has 0 radical (unpaired) electrons. The van der Waals surface area contributed by atoms with Crippen molar-refractivity contribution in [2.45, 2.75) is 109 Å². The Hall–Kier alpha value is -0.760. The highest BCUT2D eigenvalue weighted by molar-refractivity contribution is 4.90. The average Bonchev–Trinajstić information content (AvgIpc) is 2.62. The quantitative estimate of drug-likeness (QED) is 0.250. The first-order chi connectivity index (χ1) is 11.9. The van der Waals surface area contributed by atoms with Gasteiger partial charge < -0.3 is 5.32 Å². The lowest BCUT2D eigenvalue weighted by Crippen LogP contribution is -2.42. The number of hydrogen-bond donors (Lipinski definition) is 2. The van der Waals surface area contributed by atoms with Crippen LogP contribution >= 0.6 is 0 Å². The fourth-order valence-corrected chi connectivity index (χ4v) is 3.29. The Morgan fingerprint density at radius 3 is 1.96 bits per heavy atom. The highest BCUT2D eigenvalue weighted by atomic mass is 15.1.